The first kappa shape index (κ1) is 19.4. The van der Waals surface area contributed by atoms with Crippen molar-refractivity contribution < 1.29 is 14.5 Å². The Labute approximate surface area is 165 Å². The number of carbonyl (C=O) groups is 2. The molecule has 0 atom stereocenters. The van der Waals surface area contributed by atoms with E-state index in [4.69, 9.17) is 0 Å². The van der Waals surface area contributed by atoms with Crippen LogP contribution in [0.15, 0.2) is 66.7 Å². The lowest BCUT2D eigenvalue weighted by Crippen LogP contribution is -2.42. The normalized spacial score (nSPS) is 10.4. The molecule has 0 radical (unpaired) electrons. The Balaban J connectivity index is 1.46. The molecule has 8 heteroatoms. The highest BCUT2D eigenvalue weighted by Gasteiger charge is 2.10. The van der Waals surface area contributed by atoms with Crippen molar-refractivity contribution in [2.45, 2.75) is 5.75 Å². The Morgan fingerprint density at radius 2 is 1.64 bits per heavy atom. The molecule has 0 aliphatic heterocycles. The zero-order chi connectivity index (χ0) is 19.9. The minimum absolute atomic E-state index is 0.106. The molecule has 3 rings (SSSR count). The monoisotopic (exact) mass is 395 g/mol. The van der Waals surface area contributed by atoms with E-state index in [-0.39, 0.29) is 22.9 Å². The van der Waals surface area contributed by atoms with E-state index < -0.39 is 10.8 Å². The Hall–Kier alpha value is -3.39. The molecule has 7 nitrogen and oxygen atoms in total. The van der Waals surface area contributed by atoms with Gasteiger partial charge in [-0.1, -0.05) is 42.5 Å². The van der Waals surface area contributed by atoms with Crippen LogP contribution in [0, 0.1) is 10.1 Å². The number of hydrazine groups is 1. The van der Waals surface area contributed by atoms with Gasteiger partial charge < -0.3 is 0 Å². The smallest absolute Gasteiger partial charge is 0.269 e. The second-order valence-electron chi connectivity index (χ2n) is 5.94. The topological polar surface area (TPSA) is 101 Å². The van der Waals surface area contributed by atoms with Crippen molar-refractivity contribution >= 4 is 40.0 Å². The fourth-order valence-corrected chi connectivity index (χ4v) is 3.47. The van der Waals surface area contributed by atoms with E-state index in [1.807, 2.05) is 36.4 Å². The van der Waals surface area contributed by atoms with Gasteiger partial charge in [-0.3, -0.25) is 30.6 Å². The van der Waals surface area contributed by atoms with E-state index in [0.717, 1.165) is 16.3 Å². The summed E-state index contributed by atoms with van der Waals surface area (Å²) in [5, 5.41) is 12.9. The molecule has 0 aromatic heterocycles. The van der Waals surface area contributed by atoms with E-state index in [1.54, 1.807) is 0 Å². The summed E-state index contributed by atoms with van der Waals surface area (Å²) < 4.78 is 0. The van der Waals surface area contributed by atoms with Crippen LogP contribution in [0.4, 0.5) is 5.69 Å². The van der Waals surface area contributed by atoms with Gasteiger partial charge >= 0.3 is 0 Å². The number of rotatable bonds is 6. The second-order valence-corrected chi connectivity index (χ2v) is 6.92. The van der Waals surface area contributed by atoms with Gasteiger partial charge in [-0.05, 0) is 28.5 Å². The van der Waals surface area contributed by atoms with Gasteiger partial charge in [-0.25, -0.2) is 0 Å². The number of non-ortho nitro benzene ring substituents is 1. The van der Waals surface area contributed by atoms with Gasteiger partial charge in [0, 0.05) is 23.4 Å². The maximum Gasteiger partial charge on any atom is 0.269 e. The number of amides is 2. The summed E-state index contributed by atoms with van der Waals surface area (Å²) in [6.07, 6.45) is 0. The summed E-state index contributed by atoms with van der Waals surface area (Å²) in [5.74, 6) is -0.0164. The van der Waals surface area contributed by atoms with Crippen molar-refractivity contribution in [1.82, 2.24) is 10.9 Å². The molecule has 0 aliphatic rings. The molecule has 0 aliphatic carbocycles. The lowest BCUT2D eigenvalue weighted by atomic mass is 10.1. The maximum atomic E-state index is 12.0. The number of nitro benzene ring substituents is 1. The molecule has 0 heterocycles. The molecule has 0 saturated carbocycles. The molecule has 2 amide bonds. The van der Waals surface area contributed by atoms with Crippen LogP contribution in [0.25, 0.3) is 10.8 Å². The van der Waals surface area contributed by atoms with E-state index in [1.165, 1.54) is 36.0 Å². The summed E-state index contributed by atoms with van der Waals surface area (Å²) in [6.45, 7) is 0. The van der Waals surface area contributed by atoms with E-state index in [0.29, 0.717) is 5.75 Å². The Morgan fingerprint density at radius 3 is 2.39 bits per heavy atom. The molecule has 0 bridgehead atoms. The third kappa shape index (κ3) is 4.86. The fourth-order valence-electron chi connectivity index (χ4n) is 2.64. The van der Waals surface area contributed by atoms with Gasteiger partial charge in [0.2, 0.25) is 5.91 Å². The summed E-state index contributed by atoms with van der Waals surface area (Å²) in [5.41, 5.74) is 5.91. The molecule has 142 valence electrons. The largest absolute Gasteiger partial charge is 0.272 e. The first-order valence-electron chi connectivity index (χ1n) is 8.42. The lowest BCUT2D eigenvalue weighted by molar-refractivity contribution is -0.384. The molecule has 2 N–H and O–H groups in total. The van der Waals surface area contributed by atoms with Crippen molar-refractivity contribution in [3.8, 4) is 0 Å². The second kappa shape index (κ2) is 9.01. The van der Waals surface area contributed by atoms with Crippen LogP contribution in [0.3, 0.4) is 0 Å². The first-order chi connectivity index (χ1) is 13.5. The van der Waals surface area contributed by atoms with Crippen molar-refractivity contribution in [2.75, 3.05) is 5.75 Å². The van der Waals surface area contributed by atoms with E-state index in [2.05, 4.69) is 16.9 Å². The van der Waals surface area contributed by atoms with Gasteiger partial charge in [0.1, 0.15) is 0 Å². The van der Waals surface area contributed by atoms with Crippen LogP contribution in [-0.4, -0.2) is 22.5 Å². The van der Waals surface area contributed by atoms with E-state index >= 15 is 0 Å². The first-order valence-corrected chi connectivity index (χ1v) is 9.58. The van der Waals surface area contributed by atoms with Crippen molar-refractivity contribution in [2.24, 2.45) is 0 Å². The van der Waals surface area contributed by atoms with Crippen molar-refractivity contribution in [3.63, 3.8) is 0 Å². The Bertz CT molecular complexity index is 1020. The zero-order valence-corrected chi connectivity index (χ0v) is 15.6. The molecule has 0 fully saturated rings. The number of nitro groups is 1. The molecule has 0 saturated heterocycles. The van der Waals surface area contributed by atoms with Crippen LogP contribution in [0.1, 0.15) is 15.9 Å². The van der Waals surface area contributed by atoms with Gasteiger partial charge in [-0.2, -0.15) is 0 Å². The average molecular weight is 395 g/mol. The minimum Gasteiger partial charge on any atom is -0.272 e. The third-order valence-corrected chi connectivity index (χ3v) is 5.01. The highest BCUT2D eigenvalue weighted by Crippen LogP contribution is 2.22. The minimum atomic E-state index is -0.545. The Kier molecular flexibility index (Phi) is 6.23. The average Bonchev–Trinajstić information content (AvgIpc) is 2.72. The molecule has 28 heavy (non-hydrogen) atoms. The third-order valence-electron chi connectivity index (χ3n) is 4.03. The standard InChI is InChI=1S/C20H17N3O4S/c24-19(21-22-20(25)15-8-10-17(11-9-15)23(26)27)13-28-12-16-6-3-5-14-4-1-2-7-18(14)16/h1-11H,12-13H2,(H,21,24)(H,22,25). The van der Waals surface area contributed by atoms with E-state index in [9.17, 15) is 19.7 Å². The zero-order valence-electron chi connectivity index (χ0n) is 14.8. The molecular formula is C20H17N3O4S. The summed E-state index contributed by atoms with van der Waals surface area (Å²) in [7, 11) is 0. The maximum absolute atomic E-state index is 12.0. The number of carbonyl (C=O) groups excluding carboxylic acids is 2. The number of hydrogen-bond acceptors (Lipinski definition) is 5. The molecule has 3 aromatic rings. The number of hydrogen-bond donors (Lipinski definition) is 2. The van der Waals surface area contributed by atoms with Crippen molar-refractivity contribution in [3.05, 3.63) is 88.0 Å². The number of thioether (sulfide) groups is 1. The van der Waals surface area contributed by atoms with Crippen LogP contribution >= 0.6 is 11.8 Å². The highest BCUT2D eigenvalue weighted by atomic mass is 32.2. The van der Waals surface area contributed by atoms with Crippen LogP contribution < -0.4 is 10.9 Å². The van der Waals surface area contributed by atoms with Crippen LogP contribution in [-0.2, 0) is 10.5 Å². The summed E-state index contributed by atoms with van der Waals surface area (Å²) in [6, 6.07) is 19.3. The number of fused-ring (bicyclic) bond motifs is 1. The lowest BCUT2D eigenvalue weighted by Gasteiger charge is -2.08. The predicted octanol–water partition coefficient (Wildman–Crippen LogP) is 3.44. The van der Waals surface area contributed by atoms with Crippen LogP contribution in [0.2, 0.25) is 0 Å². The summed E-state index contributed by atoms with van der Waals surface area (Å²) >= 11 is 1.44. The quantitative estimate of drug-likeness (QED) is 0.492. The fraction of sp³-hybridized carbons (Fsp3) is 0.100. The van der Waals surface area contributed by atoms with Gasteiger partial charge in [0.25, 0.3) is 11.6 Å². The number of nitrogens with one attached hydrogen (secondary N) is 2. The molecule has 0 unspecified atom stereocenters. The summed E-state index contributed by atoms with van der Waals surface area (Å²) in [4.78, 5) is 34.0. The van der Waals surface area contributed by atoms with Crippen LogP contribution in [0.5, 0.6) is 0 Å². The molecule has 0 spiro atoms. The SMILES string of the molecule is O=C(CSCc1cccc2ccccc12)NNC(=O)c1ccc([N+](=O)[O-])cc1. The molecule has 3 aromatic carbocycles. The molecular weight excluding hydrogens is 378 g/mol. The van der Waals surface area contributed by atoms with Crippen molar-refractivity contribution in [1.29, 1.82) is 0 Å². The van der Waals surface area contributed by atoms with Gasteiger partial charge in [0.15, 0.2) is 0 Å². The predicted molar refractivity (Wildman–Crippen MR) is 109 cm³/mol. The number of benzene rings is 3. The Morgan fingerprint density at radius 1 is 0.929 bits per heavy atom. The van der Waals surface area contributed by atoms with Gasteiger partial charge in [-0.15, -0.1) is 11.8 Å². The highest BCUT2D eigenvalue weighted by molar-refractivity contribution is 7.99. The van der Waals surface area contributed by atoms with Gasteiger partial charge in [0.05, 0.1) is 10.7 Å². The number of nitrogens with zero attached hydrogens (tertiary/aromatic N) is 1.